The molecule has 16 unspecified atom stereocenters. The van der Waals surface area contributed by atoms with E-state index in [2.05, 4.69) is 155 Å². The Labute approximate surface area is 905 Å². The predicted octanol–water partition coefficient (Wildman–Crippen LogP) is 25.5. The average molecular weight is 2170 g/mol. The molecular formula is C110H134Cl8N26O2S. The molecule has 0 spiro atoms. The molecule has 778 valence electrons. The van der Waals surface area contributed by atoms with E-state index in [-0.39, 0.29) is 82.7 Å². The smallest absolute Gasteiger partial charge is 0.208 e. The second-order valence-corrected chi connectivity index (χ2v) is 44.9. The van der Waals surface area contributed by atoms with Gasteiger partial charge in [0.25, 0.3) is 0 Å². The summed E-state index contributed by atoms with van der Waals surface area (Å²) in [7, 11) is -3.22. The Morgan fingerprint density at radius 2 is 0.653 bits per heavy atom. The maximum Gasteiger partial charge on any atom is 0.208 e. The minimum Gasteiger partial charge on any atom is -0.329 e. The second kappa shape index (κ2) is 49.4. The molecule has 16 atom stereocenters. The molecule has 4 aromatic carbocycles. The van der Waals surface area contributed by atoms with Crippen LogP contribution in [0.2, 0.25) is 40.2 Å². The summed E-state index contributed by atoms with van der Waals surface area (Å²) in [5, 5.41) is 61.2. The molecule has 4 aliphatic carbocycles. The van der Waals surface area contributed by atoms with Gasteiger partial charge in [0.1, 0.15) is 46.3 Å². The first-order valence-corrected chi connectivity index (χ1v) is 54.5. The van der Waals surface area contributed by atoms with Crippen LogP contribution in [0.5, 0.6) is 0 Å². The molecular weight excluding hydrogens is 2030 g/mol. The van der Waals surface area contributed by atoms with Gasteiger partial charge in [0.05, 0.1) is 78.0 Å². The number of fused-ring (bicyclic) bond motifs is 4. The molecule has 0 radical (unpaired) electrons. The molecule has 8 aromatic heterocycles. The van der Waals surface area contributed by atoms with Crippen LogP contribution in [0.4, 0.5) is 0 Å². The number of sulfonamides is 1. The molecule has 4 fully saturated rings. The van der Waals surface area contributed by atoms with Crippen molar-refractivity contribution >= 4 is 170 Å². The molecule has 3 N–H and O–H groups in total. The zero-order valence-electron chi connectivity index (χ0n) is 82.1. The zero-order valence-corrected chi connectivity index (χ0v) is 89.0. The summed E-state index contributed by atoms with van der Waals surface area (Å²) < 4.78 is 32.9. The van der Waals surface area contributed by atoms with E-state index >= 15 is 0 Å². The van der Waals surface area contributed by atoms with Crippen LogP contribution in [0.15, 0.2) is 122 Å². The van der Waals surface area contributed by atoms with Crippen LogP contribution in [0.1, 0.15) is 300 Å². The van der Waals surface area contributed by atoms with Crippen LogP contribution in [-0.4, -0.2) is 201 Å². The fourth-order valence-corrected chi connectivity index (χ4v) is 25.7. The highest BCUT2D eigenvalue weighted by atomic mass is 35.5. The topological polar surface area (TPSA) is 355 Å². The summed E-state index contributed by atoms with van der Waals surface area (Å²) in [5.74, 6) is 1.94. The van der Waals surface area contributed by atoms with E-state index in [9.17, 15) is 29.5 Å². The van der Waals surface area contributed by atoms with Gasteiger partial charge in [-0.25, -0.2) is 71.7 Å². The summed E-state index contributed by atoms with van der Waals surface area (Å²) in [5.41, 5.74) is 22.8. The number of aromatic nitrogens is 16. The van der Waals surface area contributed by atoms with Crippen LogP contribution in [0.3, 0.4) is 0 Å². The molecule has 0 saturated carbocycles. The lowest BCUT2D eigenvalue weighted by Crippen LogP contribution is -2.48. The molecule has 12 aromatic rings. The Balaban J connectivity index is 0.000000163. The molecule has 37 heteroatoms. The lowest BCUT2D eigenvalue weighted by molar-refractivity contribution is 0.129. The number of nitrogens with two attached hydrogens (primary N) is 1. The number of nitrogens with zero attached hydrogens (tertiary/aromatic N) is 24. The Morgan fingerprint density at radius 3 is 0.905 bits per heavy atom. The van der Waals surface area contributed by atoms with Crippen molar-refractivity contribution in [3.8, 4) is 24.3 Å². The van der Waals surface area contributed by atoms with Crippen molar-refractivity contribution in [3.05, 3.63) is 230 Å². The van der Waals surface area contributed by atoms with Crippen LogP contribution >= 0.6 is 92.8 Å². The quantitative estimate of drug-likeness (QED) is 0.0674. The molecule has 20 rings (SSSR count). The van der Waals surface area contributed by atoms with Crippen molar-refractivity contribution in [3.63, 3.8) is 0 Å². The zero-order chi connectivity index (χ0) is 101. The van der Waals surface area contributed by atoms with Crippen molar-refractivity contribution in [2.75, 3.05) is 45.5 Å². The highest BCUT2D eigenvalue weighted by Crippen LogP contribution is 2.45. The van der Waals surface area contributed by atoms with Crippen LogP contribution in [-0.2, 0) is 10.0 Å². The third-order valence-corrected chi connectivity index (χ3v) is 33.5. The largest absolute Gasteiger partial charge is 0.329 e. The van der Waals surface area contributed by atoms with Crippen molar-refractivity contribution in [2.24, 2.45) is 29.4 Å². The van der Waals surface area contributed by atoms with E-state index < -0.39 is 10.0 Å². The molecule has 147 heavy (non-hydrogen) atoms. The molecule has 0 bridgehead atoms. The first kappa shape index (κ1) is 114. The minimum atomic E-state index is -3.22. The molecule has 4 aliphatic heterocycles. The van der Waals surface area contributed by atoms with Crippen LogP contribution in [0, 0.1) is 69.0 Å². The second-order valence-electron chi connectivity index (χ2n) is 39.6. The van der Waals surface area contributed by atoms with Crippen molar-refractivity contribution in [1.29, 1.82) is 21.0 Å². The summed E-state index contributed by atoms with van der Waals surface area (Å²) in [6.45, 7) is 27.5. The Bertz CT molecular complexity index is 7030. The fourth-order valence-electron chi connectivity index (χ4n) is 22.9. The Morgan fingerprint density at radius 1 is 0.395 bits per heavy atom. The molecule has 8 aliphatic rings. The van der Waals surface area contributed by atoms with Gasteiger partial charge in [-0.3, -0.25) is 19.6 Å². The van der Waals surface area contributed by atoms with E-state index in [1.54, 1.807) is 92.0 Å². The van der Waals surface area contributed by atoms with Gasteiger partial charge in [0.2, 0.25) is 10.0 Å². The monoisotopic (exact) mass is 2160 g/mol. The van der Waals surface area contributed by atoms with Crippen LogP contribution < -0.4 is 10.5 Å². The minimum absolute atomic E-state index is 0. The number of hydrogen-bond donors (Lipinski definition) is 2. The van der Waals surface area contributed by atoms with Gasteiger partial charge in [0, 0.05) is 102 Å². The van der Waals surface area contributed by atoms with Crippen molar-refractivity contribution in [1.82, 2.24) is 103 Å². The SMILES string of the molecule is C.C.C.C.CC1CC(c2cnc3c(C#N)nn(C(C)c4ccc(Cl)cc4Cl)c3n2)=CCC1N1CCCC1C.CC1CC(c2cnc3c(C#N)nn(C(C)c4ccc(Cl)cc4Cl)c3n2)=CCC1N1CCCC1CN.CC1CC(c2cnc3c(C#N)nn(C(C)c4ccc(Cl)cc4Cl)c3n2)=CCC1N1CCCC1CNS(C)(=O)=O.CCC1CCCN1C1CC=C(c2cnc3c(C#N)nn(C(C)c4ccc(Cl)cc4Cl)c3n2)CC1C. The maximum atomic E-state index is 11.6. The number of halogens is 8. The fraction of sp³-hybridized carbons (Fsp3) is 0.491. The highest BCUT2D eigenvalue weighted by Gasteiger charge is 2.41. The summed E-state index contributed by atoms with van der Waals surface area (Å²) in [4.78, 5) is 48.8. The predicted molar refractivity (Wildman–Crippen MR) is 596 cm³/mol. The normalized spacial score (nSPS) is 23.1. The number of nitriles is 4. The summed E-state index contributed by atoms with van der Waals surface area (Å²) in [6.07, 6.45) is 36.0. The van der Waals surface area contributed by atoms with E-state index in [0.717, 1.165) is 134 Å². The van der Waals surface area contributed by atoms with Crippen molar-refractivity contribution < 1.29 is 8.42 Å². The van der Waals surface area contributed by atoms with Gasteiger partial charge >= 0.3 is 0 Å². The van der Waals surface area contributed by atoms with Gasteiger partial charge in [0.15, 0.2) is 45.4 Å². The van der Waals surface area contributed by atoms with E-state index in [0.29, 0.717) is 157 Å². The number of rotatable bonds is 21. The third kappa shape index (κ3) is 24.5. The summed E-state index contributed by atoms with van der Waals surface area (Å²) in [6, 6.07) is 33.2. The standard InChI is InChI=1S/C27H31Cl2N7O2S.C27H30Cl2N6.C26H29Cl2N7.C26H28Cl2N6.4CH4/c1-16-11-18(6-9-25(16)35-10-4-5-20(35)14-32-39(3,37)38)24-15-31-26-23(13-30)34-36(27(26)33-24)17(2)21-8-7-19(28)12-22(21)29;1-4-20-6-5-11-34(20)25-10-7-18(12-16(25)2)24-15-31-26-23(14-30)33-35(27(26)32-24)17(3)21-9-8-19(28)13-22(21)29;1-15-10-17(5-8-24(15)34-9-3-4-19(34)12-29)23-14-31-25-22(13-30)33-35(26(25)32-23)16(2)20-7-6-18(27)11-21(20)28;1-15-11-18(6-9-24(15)33-10-4-5-16(33)2)23-14-30-25-22(13-29)32-34(26(25)31-23)17(3)20-8-7-19(27)12-21(20)28;;;;/h6-8,12,15-17,20,25,32H,4-5,9-11,14H2,1-3H3;7-9,13,15-17,20,25H,4-6,10-12H2,1-3H3;5-7,11,14-16,19,24H,3-4,8-10,12,29H2,1-2H3;6-8,12,14-17,24H,4-5,9-11H2,1-3H3;4*1H4. The first-order chi connectivity index (χ1) is 68.7. The van der Waals surface area contributed by atoms with E-state index in [1.807, 2.05) is 52.0 Å². The van der Waals surface area contributed by atoms with Gasteiger partial charge in [-0.05, 0) is 287 Å². The van der Waals surface area contributed by atoms with Gasteiger partial charge in [-0.15, -0.1) is 0 Å². The van der Waals surface area contributed by atoms with E-state index in [1.165, 1.54) is 81.0 Å². The lowest BCUT2D eigenvalue weighted by atomic mass is 9.83. The average Bonchev–Trinajstić information content (AvgIpc) is 1.63. The van der Waals surface area contributed by atoms with Gasteiger partial charge < -0.3 is 5.73 Å². The summed E-state index contributed by atoms with van der Waals surface area (Å²) >= 11 is 50.3. The maximum absolute atomic E-state index is 11.6. The molecule has 28 nitrogen and oxygen atoms in total. The molecule has 4 saturated heterocycles. The molecule has 12 heterocycles. The van der Waals surface area contributed by atoms with Gasteiger partial charge in [-0.1, -0.05) is 206 Å². The number of nitrogens with one attached hydrogen (secondary N) is 1. The Kier molecular flexibility index (Phi) is 38.4. The van der Waals surface area contributed by atoms with Crippen LogP contribution in [0.25, 0.3) is 66.9 Å². The van der Waals surface area contributed by atoms with E-state index in [4.69, 9.17) is 118 Å². The Hall–Kier alpha value is -9.97. The lowest BCUT2D eigenvalue weighted by Gasteiger charge is -2.39. The van der Waals surface area contributed by atoms with Crippen molar-refractivity contribution in [2.45, 2.75) is 281 Å². The van der Waals surface area contributed by atoms with Gasteiger partial charge in [-0.2, -0.15) is 41.4 Å². The first-order valence-electron chi connectivity index (χ1n) is 49.6. The number of benzene rings is 4. The third-order valence-electron chi connectivity index (χ3n) is 30.6. The molecule has 0 amide bonds. The number of allylic oxidation sites excluding steroid dienone is 4. The highest BCUT2D eigenvalue weighted by molar-refractivity contribution is 7.88. The number of hydrogen-bond acceptors (Lipinski definition) is 23. The number of likely N-dealkylation sites (tertiary alicyclic amines) is 4.